The molecule has 2 aromatic rings. The van der Waals surface area contributed by atoms with Gasteiger partial charge in [0, 0.05) is 24.9 Å². The maximum atomic E-state index is 11.7. The van der Waals surface area contributed by atoms with Crippen molar-refractivity contribution in [3.8, 4) is 0 Å². The van der Waals surface area contributed by atoms with E-state index in [0.29, 0.717) is 6.42 Å². The number of nitrogen functional groups attached to an aromatic ring is 1. The zero-order valence-corrected chi connectivity index (χ0v) is 40.0. The Bertz CT molecular complexity index is 1870. The fourth-order valence-electron chi connectivity index (χ4n) is 4.20. The van der Waals surface area contributed by atoms with Gasteiger partial charge in [0.1, 0.15) is 30.4 Å². The molecule has 2 aromatic heterocycles. The molecule has 4 rings (SSSR count). The molecule has 0 bridgehead atoms. The van der Waals surface area contributed by atoms with Gasteiger partial charge in [-0.1, -0.05) is 6.92 Å². The molecule has 0 amide bonds. The van der Waals surface area contributed by atoms with E-state index in [1.54, 1.807) is 0 Å². The van der Waals surface area contributed by atoms with Crippen LogP contribution in [0.25, 0.3) is 0 Å². The topological polar surface area (TPSA) is 413 Å². The van der Waals surface area contributed by atoms with Gasteiger partial charge in [0.25, 0.3) is 36.9 Å². The van der Waals surface area contributed by atoms with Gasteiger partial charge in [-0.15, -0.1) is 0 Å². The molecule has 0 aliphatic carbocycles. The Labute approximate surface area is 386 Å². The van der Waals surface area contributed by atoms with Gasteiger partial charge in [-0.2, -0.15) is 4.98 Å². The summed E-state index contributed by atoms with van der Waals surface area (Å²) < 4.78 is 70.6. The van der Waals surface area contributed by atoms with Crippen molar-refractivity contribution in [2.45, 2.75) is 62.7 Å². The maximum absolute atomic E-state index is 11.7. The van der Waals surface area contributed by atoms with Crippen molar-refractivity contribution < 1.29 is 203 Å². The molecule has 2 fully saturated rings. The molecule has 0 spiro atoms. The third-order valence-electron chi connectivity index (χ3n) is 6.23. The summed E-state index contributed by atoms with van der Waals surface area (Å²) in [6.45, 7) is 0.738. The molecule has 2 aliphatic heterocycles. The summed E-state index contributed by atoms with van der Waals surface area (Å²) in [4.78, 5) is 92.4. The van der Waals surface area contributed by atoms with E-state index in [-0.39, 0.29) is 130 Å². The predicted molar refractivity (Wildman–Crippen MR) is 147 cm³/mol. The molecule has 53 heavy (non-hydrogen) atoms. The molecule has 278 valence electrons. The van der Waals surface area contributed by atoms with Crippen LogP contribution in [-0.2, 0) is 45.2 Å². The average molecular weight is 877 g/mol. The average Bonchev–Trinajstić information content (AvgIpc) is 3.43. The molecule has 2 aliphatic rings. The summed E-state index contributed by atoms with van der Waals surface area (Å²) in [7, 11) is -24.7. The van der Waals surface area contributed by atoms with Gasteiger partial charge in [-0.3, -0.25) is 37.2 Å². The van der Waals surface area contributed by atoms with Crippen LogP contribution >= 0.6 is 31.3 Å². The van der Waals surface area contributed by atoms with Crippen LogP contribution in [0, 0.1) is 0 Å². The monoisotopic (exact) mass is 877 g/mol. The Kier molecular flexibility index (Phi) is 25.2. The number of aromatic amines is 1. The Balaban J connectivity index is 0. The molecule has 2 saturated heterocycles. The molecule has 0 radical (unpaired) electrons. The van der Waals surface area contributed by atoms with Crippen LogP contribution in [0.15, 0.2) is 38.9 Å². The summed E-state index contributed by atoms with van der Waals surface area (Å²) in [5.41, 5.74) is 3.12. The maximum Gasteiger partial charge on any atom is 1.00 e. The van der Waals surface area contributed by atoms with Gasteiger partial charge < -0.3 is 59.5 Å². The van der Waals surface area contributed by atoms with Crippen molar-refractivity contribution in [1.29, 1.82) is 0 Å². The number of phosphoric ester groups is 1. The molecule has 0 saturated carbocycles. The number of nitrogens with zero attached hydrogens (tertiary/aromatic N) is 3. The number of aliphatic hydroxyl groups excluding tert-OH is 3. The number of aromatic nitrogens is 4. The summed E-state index contributed by atoms with van der Waals surface area (Å²) in [6.07, 6.45) is -4.95. The number of nitrogens with two attached hydrogens (primary N) is 1. The van der Waals surface area contributed by atoms with Crippen molar-refractivity contribution in [2.24, 2.45) is 0 Å². The Morgan fingerprint density at radius 2 is 1.42 bits per heavy atom. The van der Waals surface area contributed by atoms with E-state index in [1.165, 1.54) is 12.3 Å². The van der Waals surface area contributed by atoms with Crippen molar-refractivity contribution >= 4 is 37.1 Å². The van der Waals surface area contributed by atoms with Crippen molar-refractivity contribution in [1.82, 2.24) is 19.1 Å². The van der Waals surface area contributed by atoms with Crippen molar-refractivity contribution in [2.75, 3.05) is 12.3 Å². The van der Waals surface area contributed by atoms with Gasteiger partial charge in [-0.05, 0) is 12.5 Å². The molecular formula is C19H27N5Na4O21P4. The molecule has 26 nitrogen and oxygen atoms in total. The quantitative estimate of drug-likeness (QED) is 0.0851. The standard InChI is InChI=1S/C10H15N3O4.C9H16N2O17P4.4Na/c1-2-5-7(14)8(15)9(17-5)13-4-3-6(11)12-10(13)16;12-5-3-8(11-2-1-7(13)10-9(11)14)25-6(5)4-24-30(18,19)27-32(22,23)28-31(20,21)26-29(15,16)17;;;;/h3-5,7-9,14-15H,2H2,1H3,(H2,11,12,16);1-2,5-6,8,12H,3-4H2,(H,18,19)(H,20,21)(H,22,23)(H,10,13,14)(H2,15,16,17);;;;/q;;4*+1/p-4/t5-,7-,8-,9-;5-,6+,8+;;;;/m10..../s1. The van der Waals surface area contributed by atoms with Gasteiger partial charge in [0.2, 0.25) is 0 Å². The molecule has 11 atom stereocenters. The van der Waals surface area contributed by atoms with Crippen LogP contribution in [0.2, 0.25) is 0 Å². The van der Waals surface area contributed by atoms with E-state index in [1.807, 2.05) is 11.9 Å². The second kappa shape index (κ2) is 23.5. The van der Waals surface area contributed by atoms with E-state index in [9.17, 15) is 67.5 Å². The number of nitrogens with one attached hydrogen (secondary N) is 1. The van der Waals surface area contributed by atoms with Gasteiger partial charge >= 0.3 is 130 Å². The van der Waals surface area contributed by atoms with Crippen LogP contribution in [0.4, 0.5) is 5.82 Å². The molecule has 7 N–H and O–H groups in total. The van der Waals surface area contributed by atoms with E-state index < -0.39 is 97.8 Å². The zero-order valence-electron chi connectivity index (χ0n) is 28.4. The first-order valence-corrected chi connectivity index (χ1v) is 19.1. The predicted octanol–water partition coefficient (Wildman–Crippen LogP) is -17.0. The van der Waals surface area contributed by atoms with Gasteiger partial charge in [0.05, 0.1) is 18.8 Å². The summed E-state index contributed by atoms with van der Waals surface area (Å²) in [5, 5.41) is 29.4. The summed E-state index contributed by atoms with van der Waals surface area (Å²) in [6, 6.07) is 2.40. The van der Waals surface area contributed by atoms with Crippen molar-refractivity contribution in [3.05, 3.63) is 55.8 Å². The number of aliphatic hydroxyl groups is 3. The minimum atomic E-state index is -6.37. The minimum Gasteiger partial charge on any atom is -0.756 e. The molecule has 34 heteroatoms. The normalized spacial score (nSPS) is 28.0. The van der Waals surface area contributed by atoms with Crippen LogP contribution in [0.5, 0.6) is 0 Å². The fraction of sp³-hybridized carbons (Fsp3) is 0.579. The second-order valence-corrected chi connectivity index (χ2v) is 15.6. The number of hydrogen-bond donors (Lipinski definition) is 6. The van der Waals surface area contributed by atoms with E-state index in [4.69, 9.17) is 20.1 Å². The zero-order chi connectivity index (χ0) is 37.1. The third kappa shape index (κ3) is 17.9. The first-order chi connectivity index (χ1) is 22.4. The first kappa shape index (κ1) is 56.8. The van der Waals surface area contributed by atoms with Crippen LogP contribution in [0.1, 0.15) is 32.2 Å². The minimum absolute atomic E-state index is 0. The molecule has 4 heterocycles. The largest absolute Gasteiger partial charge is 1.00 e. The van der Waals surface area contributed by atoms with E-state index in [0.717, 1.165) is 21.4 Å². The summed E-state index contributed by atoms with van der Waals surface area (Å²) in [5.74, 6) is 0.103. The number of ether oxygens (including phenoxy) is 2. The van der Waals surface area contributed by atoms with Crippen LogP contribution in [0.3, 0.4) is 0 Å². The number of phosphoric acid groups is 4. The Hall–Kier alpha value is 1.72. The van der Waals surface area contributed by atoms with Crippen LogP contribution < -0.4 is 160 Å². The molecule has 0 aromatic carbocycles. The number of anilines is 1. The third-order valence-corrected chi connectivity index (χ3v) is 11.5. The van der Waals surface area contributed by atoms with Crippen molar-refractivity contribution in [3.63, 3.8) is 0 Å². The molecular weight excluding hydrogens is 850 g/mol. The smallest absolute Gasteiger partial charge is 0.756 e. The fourth-order valence-corrected chi connectivity index (χ4v) is 8.46. The van der Waals surface area contributed by atoms with E-state index >= 15 is 0 Å². The summed E-state index contributed by atoms with van der Waals surface area (Å²) >= 11 is 0. The van der Waals surface area contributed by atoms with Crippen LogP contribution in [-0.4, -0.2) is 76.4 Å². The SMILES string of the molecule is CC[C@H]1O[C@@H](n2ccc(N)nc2=O)[C@H](O)[C@@H]1O.O=c1ccn([C@H]2C[C@H](O)[C@@H](COP(=O)([O-])OP(=O)([O-])OP(=O)([O-])OP(=O)([O-])O)O2)c(=O)[nH]1.[Na+].[Na+].[Na+].[Na+]. The number of hydrogen-bond acceptors (Lipinski definition) is 22. The second-order valence-electron chi connectivity index (χ2n) is 9.80. The Morgan fingerprint density at radius 1 is 0.868 bits per heavy atom. The van der Waals surface area contributed by atoms with E-state index in [2.05, 4.69) is 22.4 Å². The number of H-pyrrole nitrogens is 1. The first-order valence-electron chi connectivity index (χ1n) is 13.2. The van der Waals surface area contributed by atoms with Gasteiger partial charge in [0.15, 0.2) is 6.23 Å². The molecule has 4 unspecified atom stereocenters. The Morgan fingerprint density at radius 3 is 1.92 bits per heavy atom. The number of rotatable bonds is 12. The van der Waals surface area contributed by atoms with Gasteiger partial charge in [-0.25, -0.2) is 22.5 Å².